The summed E-state index contributed by atoms with van der Waals surface area (Å²) in [5.41, 5.74) is 3.68. The van der Waals surface area contributed by atoms with Crippen molar-refractivity contribution in [2.45, 2.75) is 18.4 Å². The summed E-state index contributed by atoms with van der Waals surface area (Å²) < 4.78 is 13.0. The van der Waals surface area contributed by atoms with Crippen molar-refractivity contribution in [3.05, 3.63) is 59.9 Å². The highest BCUT2D eigenvalue weighted by Gasteiger charge is 2.38. The van der Waals surface area contributed by atoms with Gasteiger partial charge in [-0.05, 0) is 42.3 Å². The van der Waals surface area contributed by atoms with E-state index in [-0.39, 0.29) is 5.82 Å². The molecule has 0 bridgehead atoms. The third kappa shape index (κ3) is 2.04. The summed E-state index contributed by atoms with van der Waals surface area (Å²) >= 11 is 0. The second-order valence-corrected chi connectivity index (χ2v) is 4.83. The Morgan fingerprint density at radius 1 is 1.06 bits per heavy atom. The molecule has 2 heteroatoms. The van der Waals surface area contributed by atoms with Crippen molar-refractivity contribution in [1.29, 1.82) is 0 Å². The van der Waals surface area contributed by atoms with Crippen molar-refractivity contribution in [2.75, 3.05) is 7.05 Å². The number of hydrogen-bond acceptors (Lipinski definition) is 1. The summed E-state index contributed by atoms with van der Waals surface area (Å²) in [6, 6.07) is 15.8. The van der Waals surface area contributed by atoms with Crippen LogP contribution in [0.1, 0.15) is 17.9 Å². The molecule has 3 rings (SSSR count). The quantitative estimate of drug-likeness (QED) is 0.866. The van der Waals surface area contributed by atoms with Crippen LogP contribution in [0.5, 0.6) is 0 Å². The van der Waals surface area contributed by atoms with Gasteiger partial charge in [-0.1, -0.05) is 36.4 Å². The van der Waals surface area contributed by atoms with Gasteiger partial charge in [0.1, 0.15) is 5.82 Å². The van der Waals surface area contributed by atoms with Gasteiger partial charge < -0.3 is 5.32 Å². The molecular formula is C16H16FN. The Morgan fingerprint density at radius 3 is 2.44 bits per heavy atom. The fourth-order valence-corrected chi connectivity index (χ4v) is 2.57. The first kappa shape index (κ1) is 11.4. The smallest absolute Gasteiger partial charge is 0.123 e. The molecule has 2 unspecified atom stereocenters. The lowest BCUT2D eigenvalue weighted by Gasteiger charge is -2.09. The summed E-state index contributed by atoms with van der Waals surface area (Å²) in [4.78, 5) is 0. The zero-order valence-corrected chi connectivity index (χ0v) is 10.4. The standard InChI is InChI=1S/C16H16FN/c1-18-16-10-15(16)14-5-3-2-4-13(14)11-6-8-12(17)9-7-11/h2-9,15-16,18H,10H2,1H3. The van der Waals surface area contributed by atoms with Gasteiger partial charge in [0, 0.05) is 12.0 Å². The molecule has 0 amide bonds. The second kappa shape index (κ2) is 4.54. The Hall–Kier alpha value is -1.67. The number of hydrogen-bond donors (Lipinski definition) is 1. The number of likely N-dealkylation sites (N-methyl/N-ethyl adjacent to an activating group) is 1. The minimum absolute atomic E-state index is 0.184. The Bertz CT molecular complexity index is 547. The third-order valence-corrected chi connectivity index (χ3v) is 3.68. The van der Waals surface area contributed by atoms with Crippen LogP contribution in [0.4, 0.5) is 4.39 Å². The molecule has 0 spiro atoms. The fraction of sp³-hybridized carbons (Fsp3) is 0.250. The summed E-state index contributed by atoms with van der Waals surface area (Å²) in [5, 5.41) is 3.32. The van der Waals surface area contributed by atoms with E-state index >= 15 is 0 Å². The first-order valence-electron chi connectivity index (χ1n) is 6.31. The van der Waals surface area contributed by atoms with E-state index in [9.17, 15) is 4.39 Å². The van der Waals surface area contributed by atoms with Gasteiger partial charge in [-0.15, -0.1) is 0 Å². The molecule has 1 fully saturated rings. The summed E-state index contributed by atoms with van der Waals surface area (Å²) in [7, 11) is 2.01. The van der Waals surface area contributed by atoms with E-state index in [2.05, 4.69) is 23.5 Å². The van der Waals surface area contributed by atoms with Crippen LogP contribution in [0.3, 0.4) is 0 Å². The average molecular weight is 241 g/mol. The maximum Gasteiger partial charge on any atom is 0.123 e. The highest BCUT2D eigenvalue weighted by molar-refractivity contribution is 5.68. The van der Waals surface area contributed by atoms with Crippen LogP contribution in [-0.2, 0) is 0 Å². The molecule has 2 atom stereocenters. The van der Waals surface area contributed by atoms with Gasteiger partial charge in [-0.2, -0.15) is 0 Å². The van der Waals surface area contributed by atoms with Crippen molar-refractivity contribution < 1.29 is 4.39 Å². The summed E-state index contributed by atoms with van der Waals surface area (Å²) in [6.45, 7) is 0. The van der Waals surface area contributed by atoms with Crippen molar-refractivity contribution in [2.24, 2.45) is 0 Å². The Morgan fingerprint density at radius 2 is 1.78 bits per heavy atom. The van der Waals surface area contributed by atoms with Crippen LogP contribution in [0, 0.1) is 5.82 Å². The molecule has 0 aliphatic heterocycles. The molecule has 1 saturated carbocycles. The number of rotatable bonds is 3. The molecule has 1 N–H and O–H groups in total. The third-order valence-electron chi connectivity index (χ3n) is 3.68. The Balaban J connectivity index is 1.99. The van der Waals surface area contributed by atoms with Gasteiger partial charge in [-0.3, -0.25) is 0 Å². The molecule has 0 aromatic heterocycles. The topological polar surface area (TPSA) is 12.0 Å². The number of halogens is 1. The van der Waals surface area contributed by atoms with E-state index in [1.807, 2.05) is 25.2 Å². The zero-order chi connectivity index (χ0) is 12.5. The molecule has 0 heterocycles. The predicted molar refractivity (Wildman–Crippen MR) is 72.0 cm³/mol. The number of benzene rings is 2. The van der Waals surface area contributed by atoms with Gasteiger partial charge in [0.2, 0.25) is 0 Å². The lowest BCUT2D eigenvalue weighted by molar-refractivity contribution is 0.628. The van der Waals surface area contributed by atoms with E-state index in [0.29, 0.717) is 12.0 Å². The van der Waals surface area contributed by atoms with Gasteiger partial charge in [0.25, 0.3) is 0 Å². The molecule has 1 nitrogen and oxygen atoms in total. The zero-order valence-electron chi connectivity index (χ0n) is 10.4. The van der Waals surface area contributed by atoms with E-state index < -0.39 is 0 Å². The summed E-state index contributed by atoms with van der Waals surface area (Å²) in [6.07, 6.45) is 1.19. The predicted octanol–water partition coefficient (Wildman–Crippen LogP) is 3.57. The van der Waals surface area contributed by atoms with Gasteiger partial charge in [0.05, 0.1) is 0 Å². The van der Waals surface area contributed by atoms with Crippen molar-refractivity contribution in [1.82, 2.24) is 5.32 Å². The highest BCUT2D eigenvalue weighted by Crippen LogP contribution is 2.44. The van der Waals surface area contributed by atoms with Crippen LogP contribution in [0.15, 0.2) is 48.5 Å². The maximum atomic E-state index is 13.0. The fourth-order valence-electron chi connectivity index (χ4n) is 2.57. The molecule has 1 aliphatic carbocycles. The minimum atomic E-state index is -0.184. The van der Waals surface area contributed by atoms with E-state index in [1.54, 1.807) is 0 Å². The van der Waals surface area contributed by atoms with E-state index in [0.717, 1.165) is 5.56 Å². The van der Waals surface area contributed by atoms with Crippen molar-refractivity contribution in [3.8, 4) is 11.1 Å². The molecular weight excluding hydrogens is 225 g/mol. The van der Waals surface area contributed by atoms with Crippen LogP contribution < -0.4 is 5.32 Å². The normalized spacial score (nSPS) is 21.9. The largest absolute Gasteiger partial charge is 0.316 e. The first-order valence-corrected chi connectivity index (χ1v) is 6.31. The van der Waals surface area contributed by atoms with Crippen molar-refractivity contribution in [3.63, 3.8) is 0 Å². The molecule has 92 valence electrons. The van der Waals surface area contributed by atoms with Gasteiger partial charge in [0.15, 0.2) is 0 Å². The lowest BCUT2D eigenvalue weighted by atomic mass is 9.96. The molecule has 1 aliphatic rings. The highest BCUT2D eigenvalue weighted by atomic mass is 19.1. The molecule has 0 radical (unpaired) electrons. The molecule has 2 aromatic rings. The molecule has 0 saturated heterocycles. The van der Waals surface area contributed by atoms with E-state index in [4.69, 9.17) is 0 Å². The van der Waals surface area contributed by atoms with Crippen LogP contribution >= 0.6 is 0 Å². The van der Waals surface area contributed by atoms with Crippen molar-refractivity contribution >= 4 is 0 Å². The van der Waals surface area contributed by atoms with Gasteiger partial charge >= 0.3 is 0 Å². The molecule has 18 heavy (non-hydrogen) atoms. The monoisotopic (exact) mass is 241 g/mol. The second-order valence-electron chi connectivity index (χ2n) is 4.83. The number of nitrogens with one attached hydrogen (secondary N) is 1. The minimum Gasteiger partial charge on any atom is -0.316 e. The molecule has 2 aromatic carbocycles. The van der Waals surface area contributed by atoms with Crippen LogP contribution in [0.25, 0.3) is 11.1 Å². The van der Waals surface area contributed by atoms with Gasteiger partial charge in [-0.25, -0.2) is 4.39 Å². The SMILES string of the molecule is CNC1CC1c1ccccc1-c1ccc(F)cc1. The van der Waals surface area contributed by atoms with Crippen LogP contribution in [0.2, 0.25) is 0 Å². The Labute approximate surface area is 107 Å². The Kier molecular flexibility index (Phi) is 2.88. The summed E-state index contributed by atoms with van der Waals surface area (Å²) in [5.74, 6) is 0.409. The maximum absolute atomic E-state index is 13.0. The van der Waals surface area contributed by atoms with Crippen LogP contribution in [-0.4, -0.2) is 13.1 Å². The van der Waals surface area contributed by atoms with E-state index in [1.165, 1.54) is 29.7 Å². The lowest BCUT2D eigenvalue weighted by Crippen LogP contribution is -2.10. The first-order chi connectivity index (χ1) is 8.79. The average Bonchev–Trinajstić information content (AvgIpc) is 3.19.